The molecule has 1 aromatic carbocycles. The van der Waals surface area contributed by atoms with Crippen LogP contribution in [0.3, 0.4) is 0 Å². The van der Waals surface area contributed by atoms with Crippen LogP contribution in [0.2, 0.25) is 0 Å². The van der Waals surface area contributed by atoms with Crippen LogP contribution in [0.5, 0.6) is 0 Å². The summed E-state index contributed by atoms with van der Waals surface area (Å²) in [5.74, 6) is 0. The first-order valence-corrected chi connectivity index (χ1v) is 9.48. The molecule has 0 N–H and O–H groups in total. The van der Waals surface area contributed by atoms with E-state index >= 15 is 0 Å². The third-order valence-corrected chi connectivity index (χ3v) is 5.65. The SMILES string of the molecule is CCCC1c2ccc(CN3CCN(C)CC3)cc2CCN1CC. The van der Waals surface area contributed by atoms with Crippen LogP contribution in [0, 0.1) is 0 Å². The van der Waals surface area contributed by atoms with E-state index < -0.39 is 0 Å². The highest BCUT2D eigenvalue weighted by molar-refractivity contribution is 5.36. The number of nitrogens with zero attached hydrogens (tertiary/aromatic N) is 3. The standard InChI is InChI=1S/C20H33N3/c1-4-6-20-19-8-7-17(15-18(19)9-10-23(20)5-2)16-22-13-11-21(3)12-14-22/h7-8,15,20H,4-6,9-14,16H2,1-3H3. The van der Waals surface area contributed by atoms with Crippen LogP contribution < -0.4 is 0 Å². The number of fused-ring (bicyclic) bond motifs is 1. The summed E-state index contributed by atoms with van der Waals surface area (Å²) in [7, 11) is 2.23. The van der Waals surface area contributed by atoms with Gasteiger partial charge in [0.25, 0.3) is 0 Å². The molecule has 1 atom stereocenters. The second kappa shape index (κ2) is 7.78. The predicted molar refractivity (Wildman–Crippen MR) is 97.8 cm³/mol. The zero-order chi connectivity index (χ0) is 16.2. The highest BCUT2D eigenvalue weighted by Crippen LogP contribution is 2.33. The molecule has 23 heavy (non-hydrogen) atoms. The van der Waals surface area contributed by atoms with E-state index in [4.69, 9.17) is 0 Å². The lowest BCUT2D eigenvalue weighted by Crippen LogP contribution is -2.43. The zero-order valence-electron chi connectivity index (χ0n) is 15.2. The first-order chi connectivity index (χ1) is 11.2. The molecule has 3 rings (SSSR count). The zero-order valence-corrected chi connectivity index (χ0v) is 15.2. The van der Waals surface area contributed by atoms with Crippen LogP contribution >= 0.6 is 0 Å². The lowest BCUT2D eigenvalue weighted by atomic mass is 9.88. The van der Waals surface area contributed by atoms with Crippen molar-refractivity contribution in [3.63, 3.8) is 0 Å². The quantitative estimate of drug-likeness (QED) is 0.826. The van der Waals surface area contributed by atoms with Gasteiger partial charge in [-0.3, -0.25) is 9.80 Å². The fourth-order valence-electron chi connectivity index (χ4n) is 4.17. The van der Waals surface area contributed by atoms with Gasteiger partial charge in [-0.05, 0) is 43.1 Å². The summed E-state index contributed by atoms with van der Waals surface area (Å²) in [5.41, 5.74) is 4.72. The molecule has 0 radical (unpaired) electrons. The average Bonchev–Trinajstić information content (AvgIpc) is 2.57. The second-order valence-electron chi connectivity index (χ2n) is 7.30. The number of piperazine rings is 1. The van der Waals surface area contributed by atoms with Crippen LogP contribution in [-0.4, -0.2) is 61.0 Å². The summed E-state index contributed by atoms with van der Waals surface area (Å²) in [4.78, 5) is 7.69. The van der Waals surface area contributed by atoms with E-state index in [1.54, 1.807) is 11.1 Å². The van der Waals surface area contributed by atoms with E-state index in [0.29, 0.717) is 6.04 Å². The van der Waals surface area contributed by atoms with Crippen molar-refractivity contribution >= 4 is 0 Å². The number of hydrogen-bond acceptors (Lipinski definition) is 3. The van der Waals surface area contributed by atoms with Gasteiger partial charge in [0, 0.05) is 45.3 Å². The van der Waals surface area contributed by atoms with E-state index in [1.165, 1.54) is 64.1 Å². The van der Waals surface area contributed by atoms with Gasteiger partial charge in [0.05, 0.1) is 0 Å². The summed E-state index contributed by atoms with van der Waals surface area (Å²) < 4.78 is 0. The minimum Gasteiger partial charge on any atom is -0.304 e. The topological polar surface area (TPSA) is 9.72 Å². The van der Waals surface area contributed by atoms with Crippen molar-refractivity contribution in [1.82, 2.24) is 14.7 Å². The molecule has 2 heterocycles. The Kier molecular flexibility index (Phi) is 5.73. The van der Waals surface area contributed by atoms with E-state index in [1.807, 2.05) is 0 Å². The molecule has 0 bridgehead atoms. The molecular formula is C20H33N3. The third kappa shape index (κ3) is 3.96. The highest BCUT2D eigenvalue weighted by atomic mass is 15.2. The van der Waals surface area contributed by atoms with Gasteiger partial charge >= 0.3 is 0 Å². The lowest BCUT2D eigenvalue weighted by Gasteiger charge is -2.37. The van der Waals surface area contributed by atoms with E-state index in [0.717, 1.165) is 6.54 Å². The van der Waals surface area contributed by atoms with Crippen molar-refractivity contribution in [2.45, 2.75) is 45.7 Å². The Hall–Kier alpha value is -0.900. The number of hydrogen-bond donors (Lipinski definition) is 0. The van der Waals surface area contributed by atoms with E-state index in [-0.39, 0.29) is 0 Å². The van der Waals surface area contributed by atoms with Crippen molar-refractivity contribution in [1.29, 1.82) is 0 Å². The maximum Gasteiger partial charge on any atom is 0.0350 e. The highest BCUT2D eigenvalue weighted by Gasteiger charge is 2.25. The number of rotatable bonds is 5. The van der Waals surface area contributed by atoms with Crippen molar-refractivity contribution in [3.8, 4) is 0 Å². The van der Waals surface area contributed by atoms with Crippen LogP contribution in [0.15, 0.2) is 18.2 Å². The van der Waals surface area contributed by atoms with Gasteiger partial charge in [-0.1, -0.05) is 38.5 Å². The van der Waals surface area contributed by atoms with Gasteiger partial charge in [0.2, 0.25) is 0 Å². The summed E-state index contributed by atoms with van der Waals surface area (Å²) in [6, 6.07) is 7.97. The van der Waals surface area contributed by atoms with Crippen molar-refractivity contribution < 1.29 is 0 Å². The third-order valence-electron chi connectivity index (χ3n) is 5.65. The molecule has 0 spiro atoms. The molecule has 0 amide bonds. The molecule has 2 aliphatic rings. The van der Waals surface area contributed by atoms with Gasteiger partial charge in [-0.2, -0.15) is 0 Å². The van der Waals surface area contributed by atoms with Crippen molar-refractivity contribution in [2.75, 3.05) is 46.3 Å². The molecule has 1 aromatic rings. The lowest BCUT2D eigenvalue weighted by molar-refractivity contribution is 0.148. The molecule has 1 fully saturated rings. The van der Waals surface area contributed by atoms with Crippen molar-refractivity contribution in [2.24, 2.45) is 0 Å². The average molecular weight is 316 g/mol. The summed E-state index contributed by atoms with van der Waals surface area (Å²) in [6.07, 6.45) is 3.78. The number of likely N-dealkylation sites (N-methyl/N-ethyl adjacent to an activating group) is 2. The van der Waals surface area contributed by atoms with Crippen LogP contribution in [0.1, 0.15) is 49.4 Å². The van der Waals surface area contributed by atoms with Gasteiger partial charge < -0.3 is 4.90 Å². The Balaban J connectivity index is 1.72. The fraction of sp³-hybridized carbons (Fsp3) is 0.700. The normalized spacial score (nSPS) is 23.9. The van der Waals surface area contributed by atoms with Crippen LogP contribution in [-0.2, 0) is 13.0 Å². The molecule has 1 unspecified atom stereocenters. The maximum atomic E-state index is 2.66. The number of benzene rings is 1. The molecule has 1 saturated heterocycles. The van der Waals surface area contributed by atoms with Crippen LogP contribution in [0.25, 0.3) is 0 Å². The van der Waals surface area contributed by atoms with E-state index in [9.17, 15) is 0 Å². The minimum absolute atomic E-state index is 0.645. The van der Waals surface area contributed by atoms with Gasteiger partial charge in [0.1, 0.15) is 0 Å². The van der Waals surface area contributed by atoms with Gasteiger partial charge in [-0.15, -0.1) is 0 Å². The van der Waals surface area contributed by atoms with Crippen molar-refractivity contribution in [3.05, 3.63) is 34.9 Å². The molecule has 3 nitrogen and oxygen atoms in total. The Bertz CT molecular complexity index is 506. The Morgan fingerprint density at radius 1 is 1.04 bits per heavy atom. The van der Waals surface area contributed by atoms with Gasteiger partial charge in [-0.25, -0.2) is 0 Å². The van der Waals surface area contributed by atoms with Crippen LogP contribution in [0.4, 0.5) is 0 Å². The summed E-state index contributed by atoms with van der Waals surface area (Å²) in [5, 5.41) is 0. The Labute approximate surface area is 142 Å². The Morgan fingerprint density at radius 2 is 1.83 bits per heavy atom. The first-order valence-electron chi connectivity index (χ1n) is 9.48. The van der Waals surface area contributed by atoms with Gasteiger partial charge in [0.15, 0.2) is 0 Å². The smallest absolute Gasteiger partial charge is 0.0350 e. The predicted octanol–water partition coefficient (Wildman–Crippen LogP) is 3.15. The first kappa shape index (κ1) is 16.9. The summed E-state index contributed by atoms with van der Waals surface area (Å²) >= 11 is 0. The molecule has 128 valence electrons. The molecular weight excluding hydrogens is 282 g/mol. The molecule has 0 saturated carbocycles. The van der Waals surface area contributed by atoms with E-state index in [2.05, 4.69) is 53.8 Å². The monoisotopic (exact) mass is 315 g/mol. The molecule has 0 aliphatic carbocycles. The second-order valence-corrected chi connectivity index (χ2v) is 7.30. The minimum atomic E-state index is 0.645. The summed E-state index contributed by atoms with van der Waals surface area (Å²) in [6.45, 7) is 12.9. The Morgan fingerprint density at radius 3 is 2.52 bits per heavy atom. The molecule has 3 heteroatoms. The molecule has 0 aromatic heterocycles. The fourth-order valence-corrected chi connectivity index (χ4v) is 4.17. The largest absolute Gasteiger partial charge is 0.304 e. The maximum absolute atomic E-state index is 2.66. The molecule has 2 aliphatic heterocycles.